The zero-order chi connectivity index (χ0) is 31.0. The van der Waals surface area contributed by atoms with E-state index in [1.54, 1.807) is 0 Å². The molecule has 0 amide bonds. The van der Waals surface area contributed by atoms with E-state index >= 15 is 0 Å². The number of benzene rings is 2. The van der Waals surface area contributed by atoms with E-state index in [2.05, 4.69) is 36.4 Å². The fraction of sp³-hybridized carbons (Fsp3) is 0.667. The van der Waals surface area contributed by atoms with Crippen molar-refractivity contribution < 1.29 is 37.9 Å². The van der Waals surface area contributed by atoms with Gasteiger partial charge in [-0.1, -0.05) is 54.6 Å². The molecule has 4 heterocycles. The predicted molar refractivity (Wildman–Crippen MR) is 165 cm³/mol. The SMILES string of the molecule is CC1(C)O[C@H]2O[C@H](CCCc3ccc(CCC[C@H]4OC(C)(C)O[C@@H]4[C@H]4COC(C)(C)O4)cc3)[C@H](OCc3ccccc3)[C@H]2O1. The van der Waals surface area contributed by atoms with Crippen molar-refractivity contribution in [2.75, 3.05) is 6.61 Å². The Kier molecular flexibility index (Phi) is 9.54. The molecule has 0 radical (unpaired) electrons. The van der Waals surface area contributed by atoms with Gasteiger partial charge in [-0.15, -0.1) is 0 Å². The molecule has 0 saturated carbocycles. The first-order chi connectivity index (χ1) is 21.0. The number of aryl methyl sites for hydroxylation is 2. The van der Waals surface area contributed by atoms with Crippen molar-refractivity contribution in [1.82, 2.24) is 0 Å². The van der Waals surface area contributed by atoms with E-state index in [9.17, 15) is 0 Å². The summed E-state index contributed by atoms with van der Waals surface area (Å²) in [5, 5.41) is 0. The van der Waals surface area contributed by atoms with Gasteiger partial charge in [0.25, 0.3) is 0 Å². The lowest BCUT2D eigenvalue weighted by atomic mass is 9.98. The summed E-state index contributed by atoms with van der Waals surface area (Å²) < 4.78 is 49.4. The van der Waals surface area contributed by atoms with Crippen molar-refractivity contribution in [3.05, 3.63) is 71.3 Å². The maximum absolute atomic E-state index is 6.40. The molecule has 7 atom stereocenters. The van der Waals surface area contributed by atoms with Crippen molar-refractivity contribution in [2.45, 2.75) is 147 Å². The molecular formula is C36H50O8. The molecule has 0 spiro atoms. The molecule has 242 valence electrons. The number of ether oxygens (including phenoxy) is 8. The molecule has 0 unspecified atom stereocenters. The fourth-order valence-electron chi connectivity index (χ4n) is 6.91. The zero-order valence-electron chi connectivity index (χ0n) is 27.2. The monoisotopic (exact) mass is 610 g/mol. The second-order valence-electron chi connectivity index (χ2n) is 14.0. The highest BCUT2D eigenvalue weighted by Crippen LogP contribution is 2.41. The summed E-state index contributed by atoms with van der Waals surface area (Å²) in [6.07, 6.45) is 4.73. The van der Waals surface area contributed by atoms with Gasteiger partial charge in [-0.25, -0.2) is 0 Å². The van der Waals surface area contributed by atoms with Crippen molar-refractivity contribution in [1.29, 1.82) is 0 Å². The molecule has 8 nitrogen and oxygen atoms in total. The first kappa shape index (κ1) is 32.1. The second-order valence-corrected chi connectivity index (χ2v) is 14.0. The smallest absolute Gasteiger partial charge is 0.190 e. The Morgan fingerprint density at radius 2 is 1.25 bits per heavy atom. The highest BCUT2D eigenvalue weighted by Gasteiger charge is 2.55. The summed E-state index contributed by atoms with van der Waals surface area (Å²) >= 11 is 0. The molecule has 4 aliphatic rings. The Morgan fingerprint density at radius 3 is 1.89 bits per heavy atom. The van der Waals surface area contributed by atoms with E-state index in [-0.39, 0.29) is 42.9 Å². The zero-order valence-corrected chi connectivity index (χ0v) is 27.2. The molecule has 8 heteroatoms. The summed E-state index contributed by atoms with van der Waals surface area (Å²) in [6, 6.07) is 19.3. The van der Waals surface area contributed by atoms with E-state index in [1.165, 1.54) is 11.1 Å². The van der Waals surface area contributed by atoms with Gasteiger partial charge in [-0.3, -0.25) is 0 Å². The van der Waals surface area contributed by atoms with Gasteiger partial charge >= 0.3 is 0 Å². The predicted octanol–water partition coefficient (Wildman–Crippen LogP) is 6.47. The van der Waals surface area contributed by atoms with E-state index in [0.717, 1.165) is 44.1 Å². The number of hydrogen-bond acceptors (Lipinski definition) is 8. The van der Waals surface area contributed by atoms with Crippen LogP contribution in [0.4, 0.5) is 0 Å². The molecule has 4 saturated heterocycles. The molecule has 0 aromatic heterocycles. The maximum atomic E-state index is 6.40. The average Bonchev–Trinajstić information content (AvgIpc) is 3.67. The quantitative estimate of drug-likeness (QED) is 0.271. The molecule has 4 fully saturated rings. The van der Waals surface area contributed by atoms with Gasteiger partial charge in [0.1, 0.15) is 24.4 Å². The Morgan fingerprint density at radius 1 is 0.636 bits per heavy atom. The standard InChI is InChI=1S/C36H50O8/c1-34(2)38-23-29(41-34)30-28(40-35(3,4)42-30)17-11-15-25-20-18-24(19-21-25)14-10-16-27-31(37-22-26-12-8-7-9-13-26)32-33(39-27)44-36(5,6)43-32/h7-9,12-13,18-21,27-33H,10-11,14-17,22-23H2,1-6H3/t27-,28-,29-,30+,31+,32-,33-/m1/s1. The van der Waals surface area contributed by atoms with Crippen LogP contribution >= 0.6 is 0 Å². The van der Waals surface area contributed by atoms with Gasteiger partial charge < -0.3 is 37.9 Å². The van der Waals surface area contributed by atoms with Crippen LogP contribution in [-0.4, -0.2) is 66.9 Å². The van der Waals surface area contributed by atoms with Crippen LogP contribution in [0.15, 0.2) is 54.6 Å². The van der Waals surface area contributed by atoms with Gasteiger partial charge in [0.05, 0.1) is 25.4 Å². The summed E-state index contributed by atoms with van der Waals surface area (Å²) in [4.78, 5) is 0. The Balaban J connectivity index is 0.960. The van der Waals surface area contributed by atoms with E-state index in [4.69, 9.17) is 37.9 Å². The molecular weight excluding hydrogens is 560 g/mol. The lowest BCUT2D eigenvalue weighted by Gasteiger charge is -2.26. The Labute approximate surface area is 262 Å². The lowest BCUT2D eigenvalue weighted by Crippen LogP contribution is -2.38. The van der Waals surface area contributed by atoms with Gasteiger partial charge in [0.2, 0.25) is 0 Å². The molecule has 6 rings (SSSR count). The van der Waals surface area contributed by atoms with Crippen molar-refractivity contribution in [2.24, 2.45) is 0 Å². The molecule has 2 aromatic rings. The van der Waals surface area contributed by atoms with Crippen LogP contribution in [0.2, 0.25) is 0 Å². The number of rotatable bonds is 12. The van der Waals surface area contributed by atoms with Crippen LogP contribution in [0.3, 0.4) is 0 Å². The minimum atomic E-state index is -0.664. The highest BCUT2D eigenvalue weighted by atomic mass is 16.8. The third-order valence-corrected chi connectivity index (χ3v) is 8.92. The molecule has 0 aliphatic carbocycles. The van der Waals surface area contributed by atoms with Crippen LogP contribution in [0.5, 0.6) is 0 Å². The minimum Gasteiger partial charge on any atom is -0.368 e. The van der Waals surface area contributed by atoms with Crippen LogP contribution in [-0.2, 0) is 57.3 Å². The van der Waals surface area contributed by atoms with Crippen molar-refractivity contribution in [3.63, 3.8) is 0 Å². The fourth-order valence-corrected chi connectivity index (χ4v) is 6.91. The van der Waals surface area contributed by atoms with Gasteiger partial charge in [0, 0.05) is 0 Å². The van der Waals surface area contributed by atoms with Crippen LogP contribution in [0, 0.1) is 0 Å². The number of fused-ring (bicyclic) bond motifs is 1. The molecule has 4 aliphatic heterocycles. The van der Waals surface area contributed by atoms with Crippen LogP contribution in [0.1, 0.15) is 83.9 Å². The van der Waals surface area contributed by atoms with Crippen molar-refractivity contribution >= 4 is 0 Å². The molecule has 0 bridgehead atoms. The Bertz CT molecular complexity index is 1210. The normalized spacial score (nSPS) is 33.5. The topological polar surface area (TPSA) is 73.8 Å². The molecule has 44 heavy (non-hydrogen) atoms. The minimum absolute atomic E-state index is 0.00789. The summed E-state index contributed by atoms with van der Waals surface area (Å²) in [7, 11) is 0. The van der Waals surface area contributed by atoms with Gasteiger partial charge in [-0.05, 0) is 96.8 Å². The number of hydrogen-bond donors (Lipinski definition) is 0. The lowest BCUT2D eigenvalue weighted by molar-refractivity contribution is -0.219. The first-order valence-corrected chi connectivity index (χ1v) is 16.4. The summed E-state index contributed by atoms with van der Waals surface area (Å²) in [5.41, 5.74) is 3.81. The Hall–Kier alpha value is -1.88. The van der Waals surface area contributed by atoms with Crippen LogP contribution in [0.25, 0.3) is 0 Å². The molecule has 0 N–H and O–H groups in total. The maximum Gasteiger partial charge on any atom is 0.190 e. The van der Waals surface area contributed by atoms with E-state index in [0.29, 0.717) is 13.2 Å². The third-order valence-electron chi connectivity index (χ3n) is 8.92. The summed E-state index contributed by atoms with van der Waals surface area (Å²) in [5.74, 6) is -1.85. The van der Waals surface area contributed by atoms with Gasteiger partial charge in [-0.2, -0.15) is 0 Å². The van der Waals surface area contributed by atoms with Gasteiger partial charge in [0.15, 0.2) is 23.7 Å². The highest BCUT2D eigenvalue weighted by molar-refractivity contribution is 5.23. The van der Waals surface area contributed by atoms with E-state index < -0.39 is 17.4 Å². The van der Waals surface area contributed by atoms with E-state index in [1.807, 2.05) is 59.7 Å². The largest absolute Gasteiger partial charge is 0.368 e. The average molecular weight is 611 g/mol. The molecule has 2 aromatic carbocycles. The van der Waals surface area contributed by atoms with Crippen molar-refractivity contribution in [3.8, 4) is 0 Å². The van der Waals surface area contributed by atoms with Crippen LogP contribution < -0.4 is 0 Å². The first-order valence-electron chi connectivity index (χ1n) is 16.4. The third kappa shape index (κ3) is 7.91. The second kappa shape index (κ2) is 13.1. The summed E-state index contributed by atoms with van der Waals surface area (Å²) in [6.45, 7) is 12.8.